The van der Waals surface area contributed by atoms with Gasteiger partial charge in [0, 0.05) is 44.0 Å². The molecule has 2 aromatic rings. The monoisotopic (exact) mass is 363 g/mol. The van der Waals surface area contributed by atoms with Crippen molar-refractivity contribution in [2.75, 3.05) is 13.1 Å². The lowest BCUT2D eigenvalue weighted by atomic mass is 9.93. The molecule has 0 saturated carbocycles. The van der Waals surface area contributed by atoms with Crippen molar-refractivity contribution in [3.8, 4) is 5.75 Å². The minimum absolute atomic E-state index is 0.00182. The summed E-state index contributed by atoms with van der Waals surface area (Å²) in [7, 11) is 1.76. The lowest BCUT2D eigenvalue weighted by molar-refractivity contribution is -0.0498. The van der Waals surface area contributed by atoms with Crippen molar-refractivity contribution in [2.45, 2.75) is 19.5 Å². The van der Waals surface area contributed by atoms with Gasteiger partial charge in [-0.05, 0) is 37.1 Å². The SMILES string of the molecule is Cn1ccnc1C(=O)[C@@H]1CCCN(C(=O)c2ccc(OC(F)F)cc2)C1. The average molecular weight is 363 g/mol. The molecule has 0 unspecified atom stereocenters. The Labute approximate surface area is 149 Å². The van der Waals surface area contributed by atoms with Crippen molar-refractivity contribution in [3.05, 3.63) is 48.0 Å². The third kappa shape index (κ3) is 3.89. The number of aromatic nitrogens is 2. The summed E-state index contributed by atoms with van der Waals surface area (Å²) in [6, 6.07) is 5.56. The molecule has 1 saturated heterocycles. The van der Waals surface area contributed by atoms with E-state index in [1.165, 1.54) is 24.3 Å². The largest absolute Gasteiger partial charge is 0.435 e. The van der Waals surface area contributed by atoms with Crippen molar-refractivity contribution >= 4 is 11.7 Å². The van der Waals surface area contributed by atoms with Crippen molar-refractivity contribution in [1.82, 2.24) is 14.5 Å². The van der Waals surface area contributed by atoms with Gasteiger partial charge in [0.25, 0.3) is 5.91 Å². The van der Waals surface area contributed by atoms with Crippen LogP contribution in [0.2, 0.25) is 0 Å². The number of amides is 1. The first kappa shape index (κ1) is 18.0. The predicted octanol–water partition coefficient (Wildman–Crippen LogP) is 2.76. The standard InChI is InChI=1S/C18H19F2N3O3/c1-22-10-8-21-16(22)15(24)13-3-2-9-23(11-13)17(25)12-4-6-14(7-5-12)26-18(19)20/h4-8,10,13,18H,2-3,9,11H2,1H3/t13-/m1/s1. The molecular formula is C18H19F2N3O3. The van der Waals surface area contributed by atoms with Crippen LogP contribution in [0, 0.1) is 5.92 Å². The maximum atomic E-state index is 12.7. The third-order valence-corrected chi connectivity index (χ3v) is 4.45. The molecule has 26 heavy (non-hydrogen) atoms. The zero-order valence-corrected chi connectivity index (χ0v) is 14.3. The number of carbonyl (C=O) groups is 2. The summed E-state index contributed by atoms with van der Waals surface area (Å²) in [6.45, 7) is -2.03. The van der Waals surface area contributed by atoms with Gasteiger partial charge in [0.05, 0.1) is 0 Å². The van der Waals surface area contributed by atoms with Gasteiger partial charge in [-0.15, -0.1) is 0 Å². The van der Waals surface area contributed by atoms with E-state index in [4.69, 9.17) is 0 Å². The van der Waals surface area contributed by atoms with Gasteiger partial charge < -0.3 is 14.2 Å². The second-order valence-electron chi connectivity index (χ2n) is 6.22. The molecule has 1 aliphatic heterocycles. The number of ether oxygens (including phenoxy) is 1. The third-order valence-electron chi connectivity index (χ3n) is 4.45. The summed E-state index contributed by atoms with van der Waals surface area (Å²) in [5.74, 6) is -0.215. The molecule has 1 aromatic carbocycles. The van der Waals surface area contributed by atoms with E-state index in [2.05, 4.69) is 9.72 Å². The highest BCUT2D eigenvalue weighted by atomic mass is 19.3. The molecule has 0 bridgehead atoms. The van der Waals surface area contributed by atoms with E-state index in [1.54, 1.807) is 28.9 Å². The van der Waals surface area contributed by atoms with Crippen molar-refractivity contribution in [1.29, 1.82) is 0 Å². The van der Waals surface area contributed by atoms with Crippen LogP contribution in [0.15, 0.2) is 36.7 Å². The average Bonchev–Trinajstić information content (AvgIpc) is 3.06. The maximum Gasteiger partial charge on any atom is 0.387 e. The Hall–Kier alpha value is -2.77. The van der Waals surface area contributed by atoms with Crippen molar-refractivity contribution in [2.24, 2.45) is 13.0 Å². The summed E-state index contributed by atoms with van der Waals surface area (Å²) >= 11 is 0. The Balaban J connectivity index is 1.68. The second-order valence-corrected chi connectivity index (χ2v) is 6.22. The summed E-state index contributed by atoms with van der Waals surface area (Å²) in [5, 5.41) is 0. The number of aryl methyl sites for hydroxylation is 1. The number of piperidine rings is 1. The first-order valence-corrected chi connectivity index (χ1v) is 8.31. The van der Waals surface area contributed by atoms with Crippen LogP contribution in [0.3, 0.4) is 0 Å². The fraction of sp³-hybridized carbons (Fsp3) is 0.389. The molecule has 2 heterocycles. The second kappa shape index (κ2) is 7.63. The smallest absolute Gasteiger partial charge is 0.387 e. The topological polar surface area (TPSA) is 64.4 Å². The number of carbonyl (C=O) groups excluding carboxylic acids is 2. The van der Waals surface area contributed by atoms with Crippen LogP contribution in [0.25, 0.3) is 0 Å². The molecule has 8 heteroatoms. The number of Topliss-reactive ketones (excluding diaryl/α,β-unsaturated/α-hetero) is 1. The van der Waals surface area contributed by atoms with E-state index in [0.717, 1.165) is 6.42 Å². The van der Waals surface area contributed by atoms with E-state index >= 15 is 0 Å². The van der Waals surface area contributed by atoms with E-state index in [-0.39, 0.29) is 23.4 Å². The van der Waals surface area contributed by atoms with Gasteiger partial charge in [-0.25, -0.2) is 4.98 Å². The van der Waals surface area contributed by atoms with Gasteiger partial charge in [0.2, 0.25) is 5.78 Å². The minimum Gasteiger partial charge on any atom is -0.435 e. The molecule has 6 nitrogen and oxygen atoms in total. The first-order chi connectivity index (χ1) is 12.5. The van der Waals surface area contributed by atoms with E-state index in [1.807, 2.05) is 0 Å². The highest BCUT2D eigenvalue weighted by Crippen LogP contribution is 2.23. The molecule has 138 valence electrons. The Morgan fingerprint density at radius 1 is 1.27 bits per heavy atom. The fourth-order valence-corrected chi connectivity index (χ4v) is 3.12. The Morgan fingerprint density at radius 2 is 2.00 bits per heavy atom. The van der Waals surface area contributed by atoms with Gasteiger partial charge in [-0.1, -0.05) is 0 Å². The molecule has 3 rings (SSSR count). The number of likely N-dealkylation sites (tertiary alicyclic amines) is 1. The Kier molecular flexibility index (Phi) is 5.29. The molecule has 1 aromatic heterocycles. The van der Waals surface area contributed by atoms with Crippen LogP contribution < -0.4 is 4.74 Å². The first-order valence-electron chi connectivity index (χ1n) is 8.31. The normalized spacial score (nSPS) is 17.4. The minimum atomic E-state index is -2.91. The quantitative estimate of drug-likeness (QED) is 0.767. The summed E-state index contributed by atoms with van der Waals surface area (Å²) in [5.41, 5.74) is 0.372. The lowest BCUT2D eigenvalue weighted by Gasteiger charge is -2.32. The number of imidazole rings is 1. The van der Waals surface area contributed by atoms with E-state index in [0.29, 0.717) is 30.9 Å². The number of halogens is 2. The molecule has 0 aliphatic carbocycles. The predicted molar refractivity (Wildman–Crippen MR) is 89.2 cm³/mol. The lowest BCUT2D eigenvalue weighted by Crippen LogP contribution is -2.42. The van der Waals surface area contributed by atoms with Gasteiger partial charge >= 0.3 is 6.61 Å². The summed E-state index contributed by atoms with van der Waals surface area (Å²) in [6.07, 6.45) is 4.71. The van der Waals surface area contributed by atoms with Crippen LogP contribution in [0.5, 0.6) is 5.75 Å². The van der Waals surface area contributed by atoms with Crippen LogP contribution in [0.1, 0.15) is 33.8 Å². The highest BCUT2D eigenvalue weighted by molar-refractivity contribution is 5.97. The molecule has 1 amide bonds. The van der Waals surface area contributed by atoms with E-state index < -0.39 is 6.61 Å². The van der Waals surface area contributed by atoms with Crippen LogP contribution in [-0.4, -0.2) is 45.8 Å². The number of hydrogen-bond acceptors (Lipinski definition) is 4. The molecule has 0 radical (unpaired) electrons. The van der Waals surface area contributed by atoms with Crippen molar-refractivity contribution in [3.63, 3.8) is 0 Å². The molecule has 1 aliphatic rings. The summed E-state index contributed by atoms with van der Waals surface area (Å²) in [4.78, 5) is 31.0. The zero-order valence-electron chi connectivity index (χ0n) is 14.3. The number of benzene rings is 1. The van der Waals surface area contributed by atoms with Gasteiger partial charge in [0.1, 0.15) is 5.75 Å². The number of hydrogen-bond donors (Lipinski definition) is 0. The van der Waals surface area contributed by atoms with Crippen LogP contribution in [-0.2, 0) is 7.05 Å². The van der Waals surface area contributed by atoms with E-state index in [9.17, 15) is 18.4 Å². The number of rotatable bonds is 5. The van der Waals surface area contributed by atoms with Crippen LogP contribution in [0.4, 0.5) is 8.78 Å². The molecule has 1 atom stereocenters. The Morgan fingerprint density at radius 3 is 2.62 bits per heavy atom. The molecule has 1 fully saturated rings. The fourth-order valence-electron chi connectivity index (χ4n) is 3.12. The van der Waals surface area contributed by atoms with Crippen molar-refractivity contribution < 1.29 is 23.1 Å². The zero-order chi connectivity index (χ0) is 18.7. The summed E-state index contributed by atoms with van der Waals surface area (Å²) < 4.78 is 30.4. The van der Waals surface area contributed by atoms with Gasteiger partial charge in [-0.2, -0.15) is 8.78 Å². The number of alkyl halides is 2. The number of nitrogens with zero attached hydrogens (tertiary/aromatic N) is 3. The molecule has 0 spiro atoms. The molecular weight excluding hydrogens is 344 g/mol. The molecule has 0 N–H and O–H groups in total. The van der Waals surface area contributed by atoms with Crippen LogP contribution >= 0.6 is 0 Å². The Bertz CT molecular complexity index is 789. The van der Waals surface area contributed by atoms with Gasteiger partial charge in [0.15, 0.2) is 5.82 Å². The van der Waals surface area contributed by atoms with Gasteiger partial charge in [-0.3, -0.25) is 9.59 Å². The maximum absolute atomic E-state index is 12.7. The highest BCUT2D eigenvalue weighted by Gasteiger charge is 2.31. The number of ketones is 1.